The fourth-order valence-electron chi connectivity index (χ4n) is 2.03. The van der Waals surface area contributed by atoms with Crippen molar-refractivity contribution in [3.63, 3.8) is 0 Å². The van der Waals surface area contributed by atoms with Crippen molar-refractivity contribution in [2.24, 2.45) is 0 Å². The van der Waals surface area contributed by atoms with Gasteiger partial charge in [0.05, 0.1) is 6.20 Å². The molecule has 0 saturated heterocycles. The highest BCUT2D eigenvalue weighted by molar-refractivity contribution is 6.32. The van der Waals surface area contributed by atoms with E-state index in [1.807, 2.05) is 0 Å². The van der Waals surface area contributed by atoms with Crippen molar-refractivity contribution in [1.82, 2.24) is 9.97 Å². The second-order valence-electron chi connectivity index (χ2n) is 4.32. The lowest BCUT2D eigenvalue weighted by atomic mass is 10.0. The van der Waals surface area contributed by atoms with E-state index in [1.165, 1.54) is 19.0 Å². The molecule has 0 aromatic carbocycles. The van der Waals surface area contributed by atoms with Gasteiger partial charge >= 0.3 is 0 Å². The van der Waals surface area contributed by atoms with Crippen LogP contribution < -0.4 is 11.1 Å². The smallest absolute Gasteiger partial charge is 0.222 e. The van der Waals surface area contributed by atoms with E-state index in [4.69, 9.17) is 17.3 Å². The molecule has 1 aromatic rings. The molecule has 2 rings (SSSR count). The maximum Gasteiger partial charge on any atom is 0.222 e. The maximum absolute atomic E-state index is 5.99. The molecule has 1 aliphatic rings. The number of aromatic nitrogens is 2. The number of hydrogen-bond acceptors (Lipinski definition) is 4. The van der Waals surface area contributed by atoms with Gasteiger partial charge in [0.15, 0.2) is 5.82 Å². The zero-order valence-electron chi connectivity index (χ0n) is 8.76. The Hall–Kier alpha value is -1.03. The Labute approximate surface area is 94.2 Å². The molecule has 82 valence electrons. The van der Waals surface area contributed by atoms with Gasteiger partial charge in [-0.05, 0) is 19.8 Å². The molecule has 1 fully saturated rings. The molecule has 3 N–H and O–H groups in total. The molecule has 0 atom stereocenters. The van der Waals surface area contributed by atoms with Gasteiger partial charge in [0.2, 0.25) is 5.95 Å². The zero-order chi connectivity index (χ0) is 10.9. The molecule has 1 aromatic heterocycles. The van der Waals surface area contributed by atoms with Crippen LogP contribution >= 0.6 is 11.6 Å². The molecule has 15 heavy (non-hydrogen) atoms. The van der Waals surface area contributed by atoms with Crippen molar-refractivity contribution in [2.45, 2.75) is 38.1 Å². The quantitative estimate of drug-likeness (QED) is 0.813. The molecule has 0 radical (unpaired) electrons. The van der Waals surface area contributed by atoms with Crippen LogP contribution in [0.4, 0.5) is 11.8 Å². The van der Waals surface area contributed by atoms with Crippen molar-refractivity contribution < 1.29 is 0 Å². The van der Waals surface area contributed by atoms with Crippen LogP contribution in [-0.4, -0.2) is 15.5 Å². The van der Waals surface area contributed by atoms with Crippen LogP contribution in [0, 0.1) is 0 Å². The second-order valence-corrected chi connectivity index (χ2v) is 4.72. The lowest BCUT2D eigenvalue weighted by Gasteiger charge is -2.26. The van der Waals surface area contributed by atoms with Gasteiger partial charge in [0.25, 0.3) is 0 Å². The summed E-state index contributed by atoms with van der Waals surface area (Å²) in [4.78, 5) is 7.94. The highest BCUT2D eigenvalue weighted by Crippen LogP contribution is 2.33. The predicted molar refractivity (Wildman–Crippen MR) is 62.0 cm³/mol. The van der Waals surface area contributed by atoms with E-state index in [0.717, 1.165) is 12.8 Å². The van der Waals surface area contributed by atoms with E-state index < -0.39 is 0 Å². The Morgan fingerprint density at radius 3 is 2.80 bits per heavy atom. The van der Waals surface area contributed by atoms with Gasteiger partial charge in [-0.1, -0.05) is 24.4 Å². The van der Waals surface area contributed by atoms with Gasteiger partial charge in [-0.15, -0.1) is 0 Å². The van der Waals surface area contributed by atoms with Crippen LogP contribution in [-0.2, 0) is 0 Å². The third-order valence-corrected chi connectivity index (χ3v) is 3.17. The fraction of sp³-hybridized carbons (Fsp3) is 0.600. The van der Waals surface area contributed by atoms with Gasteiger partial charge < -0.3 is 11.1 Å². The molecule has 0 unspecified atom stereocenters. The summed E-state index contributed by atoms with van der Waals surface area (Å²) >= 11 is 5.99. The molecule has 1 aliphatic carbocycles. The highest BCUT2D eigenvalue weighted by Gasteiger charge is 2.29. The third-order valence-electron chi connectivity index (χ3n) is 2.89. The van der Waals surface area contributed by atoms with Crippen molar-refractivity contribution >= 4 is 23.4 Å². The van der Waals surface area contributed by atoms with Gasteiger partial charge in [0, 0.05) is 5.54 Å². The number of halogens is 1. The minimum Gasteiger partial charge on any atom is -0.368 e. The standard InChI is InChI=1S/C10H15ClN4/c1-10(4-2-3-5-10)15-8-7(11)6-13-9(12)14-8/h6H,2-5H2,1H3,(H3,12,13,14,15). The average molecular weight is 227 g/mol. The molecule has 4 nitrogen and oxygen atoms in total. The van der Waals surface area contributed by atoms with Crippen molar-refractivity contribution in [3.8, 4) is 0 Å². The van der Waals surface area contributed by atoms with Crippen LogP contribution in [0.5, 0.6) is 0 Å². The highest BCUT2D eigenvalue weighted by atomic mass is 35.5. The van der Waals surface area contributed by atoms with Crippen molar-refractivity contribution in [3.05, 3.63) is 11.2 Å². The number of nitrogen functional groups attached to an aromatic ring is 1. The molecule has 5 heteroatoms. The largest absolute Gasteiger partial charge is 0.368 e. The summed E-state index contributed by atoms with van der Waals surface area (Å²) in [5.41, 5.74) is 5.63. The predicted octanol–water partition coefficient (Wildman–Crippen LogP) is 2.46. The third kappa shape index (κ3) is 2.31. The Balaban J connectivity index is 2.19. The Bertz CT molecular complexity index is 360. The zero-order valence-corrected chi connectivity index (χ0v) is 9.51. The first-order valence-corrected chi connectivity index (χ1v) is 5.53. The summed E-state index contributed by atoms with van der Waals surface area (Å²) in [5.74, 6) is 0.900. The van der Waals surface area contributed by atoms with Crippen LogP contribution in [0.1, 0.15) is 32.6 Å². The maximum atomic E-state index is 5.99. The number of nitrogens with one attached hydrogen (secondary N) is 1. The van der Waals surface area contributed by atoms with E-state index in [0.29, 0.717) is 10.8 Å². The summed E-state index contributed by atoms with van der Waals surface area (Å²) in [6.45, 7) is 2.19. The number of hydrogen-bond donors (Lipinski definition) is 2. The van der Waals surface area contributed by atoms with Gasteiger partial charge in [0.1, 0.15) is 5.02 Å². The van der Waals surface area contributed by atoms with Crippen LogP contribution in [0.3, 0.4) is 0 Å². The first kappa shape index (κ1) is 10.5. The van der Waals surface area contributed by atoms with Gasteiger partial charge in [-0.3, -0.25) is 0 Å². The monoisotopic (exact) mass is 226 g/mol. The first-order chi connectivity index (χ1) is 7.09. The Morgan fingerprint density at radius 2 is 2.13 bits per heavy atom. The molecule has 0 spiro atoms. The molecule has 1 heterocycles. The average Bonchev–Trinajstić information content (AvgIpc) is 2.59. The number of nitrogens with zero attached hydrogens (tertiary/aromatic N) is 2. The van der Waals surface area contributed by atoms with E-state index in [2.05, 4.69) is 22.2 Å². The van der Waals surface area contributed by atoms with Gasteiger partial charge in [-0.2, -0.15) is 4.98 Å². The second kappa shape index (κ2) is 3.85. The first-order valence-electron chi connectivity index (χ1n) is 5.15. The van der Waals surface area contributed by atoms with Crippen molar-refractivity contribution in [1.29, 1.82) is 0 Å². The number of anilines is 2. The summed E-state index contributed by atoms with van der Waals surface area (Å²) < 4.78 is 0. The summed E-state index contributed by atoms with van der Waals surface area (Å²) in [6, 6.07) is 0. The van der Waals surface area contributed by atoms with Crippen molar-refractivity contribution in [2.75, 3.05) is 11.1 Å². The van der Waals surface area contributed by atoms with E-state index in [1.54, 1.807) is 0 Å². The van der Waals surface area contributed by atoms with Crippen LogP contribution in [0.15, 0.2) is 6.20 Å². The van der Waals surface area contributed by atoms with E-state index in [9.17, 15) is 0 Å². The SMILES string of the molecule is CC1(Nc2nc(N)ncc2Cl)CCCC1. The fourth-order valence-corrected chi connectivity index (χ4v) is 2.17. The lowest BCUT2D eigenvalue weighted by molar-refractivity contribution is 0.531. The molecule has 1 saturated carbocycles. The number of rotatable bonds is 2. The normalized spacial score (nSPS) is 19.1. The van der Waals surface area contributed by atoms with E-state index in [-0.39, 0.29) is 11.5 Å². The lowest BCUT2D eigenvalue weighted by Crippen LogP contribution is -2.31. The molecular formula is C10H15ClN4. The minimum atomic E-state index is 0.102. The van der Waals surface area contributed by atoms with Crippen LogP contribution in [0.2, 0.25) is 5.02 Å². The Kier molecular flexibility index (Phi) is 2.69. The molecule has 0 amide bonds. The summed E-state index contributed by atoms with van der Waals surface area (Å²) in [6.07, 6.45) is 6.33. The summed E-state index contributed by atoms with van der Waals surface area (Å²) in [5, 5.41) is 3.89. The summed E-state index contributed by atoms with van der Waals surface area (Å²) in [7, 11) is 0. The van der Waals surface area contributed by atoms with E-state index >= 15 is 0 Å². The molecule has 0 bridgehead atoms. The number of nitrogens with two attached hydrogens (primary N) is 1. The molecular weight excluding hydrogens is 212 g/mol. The topological polar surface area (TPSA) is 63.8 Å². The van der Waals surface area contributed by atoms with Crippen LogP contribution in [0.25, 0.3) is 0 Å². The van der Waals surface area contributed by atoms with Gasteiger partial charge in [-0.25, -0.2) is 4.98 Å². The molecule has 0 aliphatic heterocycles. The minimum absolute atomic E-state index is 0.102. The Morgan fingerprint density at radius 1 is 1.47 bits per heavy atom.